The van der Waals surface area contributed by atoms with Gasteiger partial charge in [0, 0.05) is 6.20 Å². The molecule has 0 aliphatic rings. The van der Waals surface area contributed by atoms with Crippen LogP contribution in [0.15, 0.2) is 24.4 Å². The summed E-state index contributed by atoms with van der Waals surface area (Å²) < 4.78 is 0. The maximum Gasteiger partial charge on any atom is 0.354 e. The van der Waals surface area contributed by atoms with Crippen LogP contribution in [0.1, 0.15) is 23.0 Å². The first kappa shape index (κ1) is 8.46. The fourth-order valence-electron chi connectivity index (χ4n) is 0.860. The van der Waals surface area contributed by atoms with Gasteiger partial charge in [-0.3, -0.25) is 0 Å². The molecule has 0 aromatic carbocycles. The summed E-state index contributed by atoms with van der Waals surface area (Å²) in [4.78, 5) is 14.2. The molecule has 0 amide bonds. The summed E-state index contributed by atoms with van der Waals surface area (Å²) in [5, 5.41) is 8.59. The van der Waals surface area contributed by atoms with Crippen LogP contribution in [0.5, 0.6) is 0 Å². The second-order valence-electron chi connectivity index (χ2n) is 2.28. The van der Waals surface area contributed by atoms with E-state index in [1.54, 1.807) is 6.07 Å². The maximum absolute atomic E-state index is 10.5. The molecule has 0 aliphatic carbocycles. The van der Waals surface area contributed by atoms with Gasteiger partial charge in [-0.2, -0.15) is 0 Å². The lowest BCUT2D eigenvalue weighted by Gasteiger charge is -1.94. The molecular formula is C9H9NO2. The van der Waals surface area contributed by atoms with E-state index in [1.165, 1.54) is 12.3 Å². The molecule has 0 aliphatic heterocycles. The molecule has 62 valence electrons. The lowest BCUT2D eigenvalue weighted by atomic mass is 10.2. The van der Waals surface area contributed by atoms with Crippen molar-refractivity contribution in [1.82, 2.24) is 4.98 Å². The molecule has 3 heteroatoms. The first-order chi connectivity index (χ1) is 5.74. The summed E-state index contributed by atoms with van der Waals surface area (Å²) in [6, 6.07) is 3.29. The Balaban J connectivity index is 3.03. The van der Waals surface area contributed by atoms with E-state index in [-0.39, 0.29) is 5.69 Å². The molecule has 0 spiro atoms. The monoisotopic (exact) mass is 163 g/mol. The number of carbonyl (C=O) groups is 1. The van der Waals surface area contributed by atoms with E-state index < -0.39 is 5.97 Å². The fraction of sp³-hybridized carbons (Fsp3) is 0.111. The highest BCUT2D eigenvalue weighted by atomic mass is 16.4. The Morgan fingerprint density at radius 3 is 3.00 bits per heavy atom. The topological polar surface area (TPSA) is 50.2 Å². The Morgan fingerprint density at radius 2 is 2.42 bits per heavy atom. The zero-order valence-corrected chi connectivity index (χ0v) is 6.69. The summed E-state index contributed by atoms with van der Waals surface area (Å²) in [6.07, 6.45) is 5.16. The molecule has 0 unspecified atom stereocenters. The quantitative estimate of drug-likeness (QED) is 0.723. The van der Waals surface area contributed by atoms with E-state index in [4.69, 9.17) is 5.11 Å². The average molecular weight is 163 g/mol. The second kappa shape index (κ2) is 3.67. The van der Waals surface area contributed by atoms with Crippen LogP contribution >= 0.6 is 0 Å². The third-order valence-electron chi connectivity index (χ3n) is 1.36. The summed E-state index contributed by atoms with van der Waals surface area (Å²) in [5.41, 5.74) is 0.926. The fourth-order valence-corrected chi connectivity index (χ4v) is 0.860. The lowest BCUT2D eigenvalue weighted by molar-refractivity contribution is 0.0690. The van der Waals surface area contributed by atoms with Gasteiger partial charge in [-0.05, 0) is 24.6 Å². The van der Waals surface area contributed by atoms with E-state index in [9.17, 15) is 4.79 Å². The summed E-state index contributed by atoms with van der Waals surface area (Å²) in [5.74, 6) is -0.999. The van der Waals surface area contributed by atoms with Crippen molar-refractivity contribution in [2.45, 2.75) is 6.92 Å². The number of carboxylic acid groups (broad SMARTS) is 1. The van der Waals surface area contributed by atoms with Crippen LogP contribution in [-0.2, 0) is 0 Å². The first-order valence-electron chi connectivity index (χ1n) is 3.56. The van der Waals surface area contributed by atoms with Crippen molar-refractivity contribution in [3.05, 3.63) is 35.7 Å². The molecule has 0 saturated heterocycles. The number of hydrogen-bond acceptors (Lipinski definition) is 2. The normalized spacial score (nSPS) is 10.4. The van der Waals surface area contributed by atoms with Crippen LogP contribution in [0.4, 0.5) is 0 Å². The van der Waals surface area contributed by atoms with Gasteiger partial charge < -0.3 is 5.11 Å². The molecule has 0 saturated carbocycles. The highest BCUT2D eigenvalue weighted by Crippen LogP contribution is 2.03. The Kier molecular flexibility index (Phi) is 2.58. The SMILES string of the molecule is C/C=C/c1ccnc(C(=O)O)c1. The average Bonchev–Trinajstić information content (AvgIpc) is 2.05. The van der Waals surface area contributed by atoms with E-state index in [0.717, 1.165) is 5.56 Å². The number of rotatable bonds is 2. The van der Waals surface area contributed by atoms with Crippen LogP contribution < -0.4 is 0 Å². The second-order valence-corrected chi connectivity index (χ2v) is 2.28. The minimum Gasteiger partial charge on any atom is -0.477 e. The van der Waals surface area contributed by atoms with E-state index in [0.29, 0.717) is 0 Å². The zero-order chi connectivity index (χ0) is 8.97. The van der Waals surface area contributed by atoms with Gasteiger partial charge in [-0.15, -0.1) is 0 Å². The zero-order valence-electron chi connectivity index (χ0n) is 6.69. The predicted molar refractivity (Wildman–Crippen MR) is 45.9 cm³/mol. The van der Waals surface area contributed by atoms with Crippen molar-refractivity contribution in [3.8, 4) is 0 Å². The number of nitrogens with zero attached hydrogens (tertiary/aromatic N) is 1. The van der Waals surface area contributed by atoms with Gasteiger partial charge in [0.05, 0.1) is 0 Å². The van der Waals surface area contributed by atoms with Crippen molar-refractivity contribution in [1.29, 1.82) is 0 Å². The van der Waals surface area contributed by atoms with Crippen molar-refractivity contribution in [3.63, 3.8) is 0 Å². The summed E-state index contributed by atoms with van der Waals surface area (Å²) >= 11 is 0. The highest BCUT2D eigenvalue weighted by Gasteiger charge is 2.02. The largest absolute Gasteiger partial charge is 0.477 e. The number of allylic oxidation sites excluding steroid dienone is 1. The number of aromatic carboxylic acids is 1. The molecule has 0 bridgehead atoms. The van der Waals surface area contributed by atoms with Gasteiger partial charge in [-0.1, -0.05) is 12.2 Å². The van der Waals surface area contributed by atoms with E-state index >= 15 is 0 Å². The molecule has 0 fully saturated rings. The van der Waals surface area contributed by atoms with Crippen LogP contribution in [0, 0.1) is 0 Å². The van der Waals surface area contributed by atoms with Crippen LogP contribution in [0.25, 0.3) is 6.08 Å². The standard InChI is InChI=1S/C9H9NO2/c1-2-3-7-4-5-10-8(6-7)9(11)12/h2-6H,1H3,(H,11,12)/b3-2+. The summed E-state index contributed by atoms with van der Waals surface area (Å²) in [7, 11) is 0. The van der Waals surface area contributed by atoms with Gasteiger partial charge in [0.1, 0.15) is 5.69 Å². The molecule has 1 rings (SSSR count). The van der Waals surface area contributed by atoms with Gasteiger partial charge in [0.15, 0.2) is 0 Å². The Labute approximate surface area is 70.4 Å². The minimum absolute atomic E-state index is 0.0746. The van der Waals surface area contributed by atoms with E-state index in [1.807, 2.05) is 19.1 Å². The smallest absolute Gasteiger partial charge is 0.354 e. The van der Waals surface area contributed by atoms with E-state index in [2.05, 4.69) is 4.98 Å². The van der Waals surface area contributed by atoms with Crippen molar-refractivity contribution < 1.29 is 9.90 Å². The van der Waals surface area contributed by atoms with Gasteiger partial charge in [0.2, 0.25) is 0 Å². The molecule has 1 heterocycles. The molecular weight excluding hydrogens is 154 g/mol. The van der Waals surface area contributed by atoms with Crippen LogP contribution in [-0.4, -0.2) is 16.1 Å². The Hall–Kier alpha value is -1.64. The molecule has 12 heavy (non-hydrogen) atoms. The predicted octanol–water partition coefficient (Wildman–Crippen LogP) is 1.81. The summed E-state index contributed by atoms with van der Waals surface area (Å²) in [6.45, 7) is 1.88. The van der Waals surface area contributed by atoms with Gasteiger partial charge in [-0.25, -0.2) is 9.78 Å². The number of carboxylic acids is 1. The third-order valence-corrected chi connectivity index (χ3v) is 1.36. The molecule has 0 radical (unpaired) electrons. The number of aromatic nitrogens is 1. The van der Waals surface area contributed by atoms with Crippen LogP contribution in [0.3, 0.4) is 0 Å². The highest BCUT2D eigenvalue weighted by molar-refractivity contribution is 5.85. The Bertz CT molecular complexity index is 318. The molecule has 1 N–H and O–H groups in total. The molecule has 3 nitrogen and oxygen atoms in total. The van der Waals surface area contributed by atoms with Gasteiger partial charge >= 0.3 is 5.97 Å². The molecule has 1 aromatic rings. The third kappa shape index (κ3) is 1.92. The maximum atomic E-state index is 10.5. The molecule has 0 atom stereocenters. The van der Waals surface area contributed by atoms with Crippen molar-refractivity contribution >= 4 is 12.0 Å². The first-order valence-corrected chi connectivity index (χ1v) is 3.56. The van der Waals surface area contributed by atoms with Crippen molar-refractivity contribution in [2.24, 2.45) is 0 Å². The van der Waals surface area contributed by atoms with Gasteiger partial charge in [0.25, 0.3) is 0 Å². The minimum atomic E-state index is -0.999. The Morgan fingerprint density at radius 1 is 1.67 bits per heavy atom. The number of hydrogen-bond donors (Lipinski definition) is 1. The molecule has 1 aromatic heterocycles. The van der Waals surface area contributed by atoms with Crippen LogP contribution in [0.2, 0.25) is 0 Å². The number of pyridine rings is 1. The van der Waals surface area contributed by atoms with Crippen molar-refractivity contribution in [2.75, 3.05) is 0 Å². The lowest BCUT2D eigenvalue weighted by Crippen LogP contribution is -1.99.